The number of benzene rings is 2. The van der Waals surface area contributed by atoms with Gasteiger partial charge in [0.2, 0.25) is 0 Å². The van der Waals surface area contributed by atoms with E-state index in [1.807, 2.05) is 29.3 Å². The minimum absolute atomic E-state index is 0.0610. The number of hydrogen-bond donors (Lipinski definition) is 3. The first-order chi connectivity index (χ1) is 14.3. The van der Waals surface area contributed by atoms with E-state index in [9.17, 15) is 4.79 Å². The Morgan fingerprint density at radius 2 is 1.90 bits per heavy atom. The van der Waals surface area contributed by atoms with Crippen molar-refractivity contribution < 1.29 is 4.79 Å². The molecule has 6 rings (SSSR count). The lowest BCUT2D eigenvalue weighted by molar-refractivity contribution is 0.251. The van der Waals surface area contributed by atoms with Crippen LogP contribution in [0, 0.1) is 0 Å². The Morgan fingerprint density at radius 1 is 1.03 bits per heavy atom. The lowest BCUT2D eigenvalue weighted by Crippen LogP contribution is -2.29. The fraction of sp³-hybridized carbons (Fsp3) is 0.227. The standard InChI is InChI=1S/C22H20N6O/c29-22-24-11-20(28(22)16-7-8-17-18(9-16)26-12-25-17)14-3-1-13(2-4-14)19-10-23-21(27-19)15-5-6-15/h1-4,7-10,12,15,20H,5-6,11H2,(H,23,27)(H,24,29)(H,25,26). The fourth-order valence-corrected chi connectivity index (χ4v) is 4.06. The number of hydrogen-bond acceptors (Lipinski definition) is 3. The fourth-order valence-electron chi connectivity index (χ4n) is 4.06. The van der Waals surface area contributed by atoms with Crippen molar-refractivity contribution in [3.8, 4) is 11.3 Å². The van der Waals surface area contributed by atoms with Gasteiger partial charge in [0.25, 0.3) is 0 Å². The minimum atomic E-state index is -0.0876. The minimum Gasteiger partial charge on any atom is -0.348 e. The van der Waals surface area contributed by atoms with Gasteiger partial charge in [-0.1, -0.05) is 24.3 Å². The van der Waals surface area contributed by atoms with Gasteiger partial charge >= 0.3 is 6.03 Å². The molecule has 144 valence electrons. The summed E-state index contributed by atoms with van der Waals surface area (Å²) in [6, 6.07) is 14.1. The number of urea groups is 1. The largest absolute Gasteiger partial charge is 0.348 e. The number of rotatable bonds is 4. The second-order valence-corrected chi connectivity index (χ2v) is 7.74. The smallest absolute Gasteiger partial charge is 0.322 e. The number of anilines is 1. The predicted molar refractivity (Wildman–Crippen MR) is 111 cm³/mol. The highest BCUT2D eigenvalue weighted by atomic mass is 16.2. The first-order valence-corrected chi connectivity index (χ1v) is 9.92. The molecule has 2 aliphatic rings. The average Bonchev–Trinajstić information content (AvgIpc) is 3.15. The molecule has 1 saturated carbocycles. The molecule has 29 heavy (non-hydrogen) atoms. The van der Waals surface area contributed by atoms with E-state index >= 15 is 0 Å². The van der Waals surface area contributed by atoms with Crippen molar-refractivity contribution >= 4 is 22.8 Å². The Balaban J connectivity index is 1.30. The van der Waals surface area contributed by atoms with Crippen LogP contribution in [0.25, 0.3) is 22.3 Å². The Labute approximate surface area is 167 Å². The molecule has 2 amide bonds. The van der Waals surface area contributed by atoms with E-state index < -0.39 is 0 Å². The number of fused-ring (bicyclic) bond motifs is 1. The first kappa shape index (κ1) is 16.4. The first-order valence-electron chi connectivity index (χ1n) is 9.92. The van der Waals surface area contributed by atoms with Gasteiger partial charge in [0.05, 0.1) is 29.1 Å². The van der Waals surface area contributed by atoms with Crippen LogP contribution < -0.4 is 10.2 Å². The number of amides is 2. The molecule has 3 N–H and O–H groups in total. The number of carbonyl (C=O) groups excluding carboxylic acids is 1. The van der Waals surface area contributed by atoms with Crippen molar-refractivity contribution in [3.05, 3.63) is 66.4 Å². The highest BCUT2D eigenvalue weighted by molar-refractivity contribution is 5.97. The van der Waals surface area contributed by atoms with Gasteiger partial charge in [-0.3, -0.25) is 4.90 Å². The number of aromatic nitrogens is 4. The predicted octanol–water partition coefficient (Wildman–Crippen LogP) is 4.10. The third kappa shape index (κ3) is 2.77. The highest BCUT2D eigenvalue weighted by Gasteiger charge is 2.33. The Hall–Kier alpha value is -3.61. The third-order valence-corrected chi connectivity index (χ3v) is 5.81. The molecular weight excluding hydrogens is 364 g/mol. The summed E-state index contributed by atoms with van der Waals surface area (Å²) in [4.78, 5) is 29.8. The van der Waals surface area contributed by atoms with Gasteiger partial charge in [-0.25, -0.2) is 14.8 Å². The van der Waals surface area contributed by atoms with Gasteiger partial charge in [0.15, 0.2) is 0 Å². The van der Waals surface area contributed by atoms with Crippen molar-refractivity contribution in [2.75, 3.05) is 11.4 Å². The van der Waals surface area contributed by atoms with Crippen molar-refractivity contribution in [1.82, 2.24) is 25.3 Å². The lowest BCUT2D eigenvalue weighted by atomic mass is 10.0. The summed E-state index contributed by atoms with van der Waals surface area (Å²) in [5.74, 6) is 1.70. The van der Waals surface area contributed by atoms with Crippen LogP contribution >= 0.6 is 0 Å². The van der Waals surface area contributed by atoms with Crippen LogP contribution in [0.5, 0.6) is 0 Å². The van der Waals surface area contributed by atoms with Crippen molar-refractivity contribution in [2.45, 2.75) is 24.8 Å². The molecule has 1 saturated heterocycles. The number of H-pyrrole nitrogens is 2. The highest BCUT2D eigenvalue weighted by Crippen LogP contribution is 2.39. The molecule has 0 bridgehead atoms. The van der Waals surface area contributed by atoms with Gasteiger partial charge < -0.3 is 15.3 Å². The normalized spacial score (nSPS) is 19.1. The zero-order valence-electron chi connectivity index (χ0n) is 15.7. The molecule has 4 aromatic rings. The molecule has 1 unspecified atom stereocenters. The summed E-state index contributed by atoms with van der Waals surface area (Å²) in [7, 11) is 0. The molecule has 7 nitrogen and oxygen atoms in total. The summed E-state index contributed by atoms with van der Waals surface area (Å²) >= 11 is 0. The molecule has 1 aliphatic carbocycles. The monoisotopic (exact) mass is 384 g/mol. The Morgan fingerprint density at radius 3 is 2.72 bits per heavy atom. The summed E-state index contributed by atoms with van der Waals surface area (Å²) in [5.41, 5.74) is 5.79. The van der Waals surface area contributed by atoms with E-state index in [1.165, 1.54) is 12.8 Å². The molecule has 1 aliphatic heterocycles. The Kier molecular flexibility index (Phi) is 3.50. The van der Waals surface area contributed by atoms with E-state index in [0.717, 1.165) is 39.4 Å². The summed E-state index contributed by atoms with van der Waals surface area (Å²) in [6.45, 7) is 0.574. The molecule has 3 heterocycles. The summed E-state index contributed by atoms with van der Waals surface area (Å²) < 4.78 is 0. The second kappa shape index (κ2) is 6.20. The topological polar surface area (TPSA) is 89.7 Å². The third-order valence-electron chi connectivity index (χ3n) is 5.81. The maximum absolute atomic E-state index is 12.6. The van der Waals surface area contributed by atoms with E-state index in [-0.39, 0.29) is 12.1 Å². The van der Waals surface area contributed by atoms with Gasteiger partial charge in [0.1, 0.15) is 5.82 Å². The molecule has 0 radical (unpaired) electrons. The van der Waals surface area contributed by atoms with Crippen molar-refractivity contribution in [3.63, 3.8) is 0 Å². The van der Waals surface area contributed by atoms with Crippen LogP contribution in [0.15, 0.2) is 55.0 Å². The van der Waals surface area contributed by atoms with Gasteiger partial charge in [0, 0.05) is 29.9 Å². The quantitative estimate of drug-likeness (QED) is 0.495. The van der Waals surface area contributed by atoms with E-state index in [2.05, 4.69) is 44.5 Å². The molecule has 2 aromatic heterocycles. The van der Waals surface area contributed by atoms with Crippen molar-refractivity contribution in [2.24, 2.45) is 0 Å². The maximum atomic E-state index is 12.6. The average molecular weight is 384 g/mol. The van der Waals surface area contributed by atoms with Crippen LogP contribution in [0.2, 0.25) is 0 Å². The maximum Gasteiger partial charge on any atom is 0.322 e. The second-order valence-electron chi connectivity index (χ2n) is 7.74. The number of imidazole rings is 2. The summed E-state index contributed by atoms with van der Waals surface area (Å²) in [6.07, 6.45) is 6.11. The van der Waals surface area contributed by atoms with E-state index in [4.69, 9.17) is 4.98 Å². The number of aromatic amines is 2. The van der Waals surface area contributed by atoms with Crippen LogP contribution in [0.3, 0.4) is 0 Å². The number of nitrogens with zero attached hydrogens (tertiary/aromatic N) is 3. The lowest BCUT2D eigenvalue weighted by Gasteiger charge is -2.23. The molecular formula is C22H20N6O. The SMILES string of the molecule is O=C1NCC(c2ccc(-c3c[nH]c(C4CC4)n3)cc2)N1c1ccc2[nH]cnc2c1. The molecule has 1 atom stereocenters. The number of nitrogens with one attached hydrogen (secondary N) is 3. The van der Waals surface area contributed by atoms with E-state index in [0.29, 0.717) is 12.5 Å². The summed E-state index contributed by atoms with van der Waals surface area (Å²) in [5, 5.41) is 2.97. The molecule has 0 spiro atoms. The molecule has 7 heteroatoms. The number of carbonyl (C=O) groups is 1. The molecule has 2 aromatic carbocycles. The van der Waals surface area contributed by atoms with Crippen LogP contribution in [-0.4, -0.2) is 32.5 Å². The van der Waals surface area contributed by atoms with Crippen molar-refractivity contribution in [1.29, 1.82) is 0 Å². The zero-order chi connectivity index (χ0) is 19.4. The molecule has 2 fully saturated rings. The van der Waals surface area contributed by atoms with Gasteiger partial charge in [-0.2, -0.15) is 0 Å². The zero-order valence-corrected chi connectivity index (χ0v) is 15.7. The van der Waals surface area contributed by atoms with E-state index in [1.54, 1.807) is 6.33 Å². The van der Waals surface area contributed by atoms with Gasteiger partial charge in [-0.05, 0) is 36.6 Å². The van der Waals surface area contributed by atoms with Crippen LogP contribution in [0.4, 0.5) is 10.5 Å². The Bertz CT molecular complexity index is 1200. The van der Waals surface area contributed by atoms with Crippen LogP contribution in [0.1, 0.15) is 36.2 Å². The van der Waals surface area contributed by atoms with Crippen LogP contribution in [-0.2, 0) is 0 Å². The van der Waals surface area contributed by atoms with Gasteiger partial charge in [-0.15, -0.1) is 0 Å².